The summed E-state index contributed by atoms with van der Waals surface area (Å²) in [5.74, 6) is -1.40. The van der Waals surface area contributed by atoms with Crippen LogP contribution >= 0.6 is 23.2 Å². The van der Waals surface area contributed by atoms with Gasteiger partial charge in [-0.05, 0) is 19.1 Å². The Morgan fingerprint density at radius 3 is 2.81 bits per heavy atom. The van der Waals surface area contributed by atoms with Crippen LogP contribution in [0.1, 0.15) is 16.2 Å². The standard InChI is InChI=1S/C13H10Cl2N2O4/c1-7-5-10(21-17-7)13(19)20-6-11(18)16-9-4-2-3-8(14)12(9)15/h2-5H,6H2,1H3,(H,16,18). The molecule has 0 aliphatic carbocycles. The van der Waals surface area contributed by atoms with Gasteiger partial charge in [-0.3, -0.25) is 4.79 Å². The maximum atomic E-state index is 11.7. The zero-order chi connectivity index (χ0) is 15.4. The highest BCUT2D eigenvalue weighted by molar-refractivity contribution is 6.44. The van der Waals surface area contributed by atoms with Crippen LogP contribution in [0.5, 0.6) is 0 Å². The van der Waals surface area contributed by atoms with Gasteiger partial charge >= 0.3 is 5.97 Å². The largest absolute Gasteiger partial charge is 0.450 e. The fourth-order valence-corrected chi connectivity index (χ4v) is 1.80. The highest BCUT2D eigenvalue weighted by Crippen LogP contribution is 2.29. The second kappa shape index (κ2) is 6.60. The first-order chi connectivity index (χ1) is 9.97. The number of nitrogens with one attached hydrogen (secondary N) is 1. The van der Waals surface area contributed by atoms with Crippen LogP contribution in [0.15, 0.2) is 28.8 Å². The summed E-state index contributed by atoms with van der Waals surface area (Å²) in [7, 11) is 0. The van der Waals surface area contributed by atoms with Crippen LogP contribution in [0.3, 0.4) is 0 Å². The maximum absolute atomic E-state index is 11.7. The van der Waals surface area contributed by atoms with E-state index in [-0.39, 0.29) is 10.8 Å². The van der Waals surface area contributed by atoms with Gasteiger partial charge in [0.15, 0.2) is 6.61 Å². The molecule has 0 saturated heterocycles. The molecule has 0 fully saturated rings. The smallest absolute Gasteiger partial charge is 0.377 e. The van der Waals surface area contributed by atoms with E-state index in [4.69, 9.17) is 32.5 Å². The van der Waals surface area contributed by atoms with Crippen LogP contribution in [0.2, 0.25) is 10.0 Å². The van der Waals surface area contributed by atoms with Gasteiger partial charge in [0.25, 0.3) is 5.91 Å². The molecule has 1 aromatic heterocycles. The van der Waals surface area contributed by atoms with E-state index in [1.54, 1.807) is 25.1 Å². The number of hydrogen-bond donors (Lipinski definition) is 1. The van der Waals surface area contributed by atoms with E-state index in [9.17, 15) is 9.59 Å². The van der Waals surface area contributed by atoms with Crippen LogP contribution in [-0.2, 0) is 9.53 Å². The monoisotopic (exact) mass is 328 g/mol. The number of halogens is 2. The molecule has 21 heavy (non-hydrogen) atoms. The topological polar surface area (TPSA) is 81.4 Å². The number of carbonyl (C=O) groups is 2. The molecule has 2 aromatic rings. The molecule has 2 rings (SSSR count). The molecule has 1 aromatic carbocycles. The first kappa shape index (κ1) is 15.3. The molecule has 6 nitrogen and oxygen atoms in total. The van der Waals surface area contributed by atoms with Crippen molar-refractivity contribution in [3.8, 4) is 0 Å². The van der Waals surface area contributed by atoms with Crippen LogP contribution in [0, 0.1) is 6.92 Å². The number of ether oxygens (including phenoxy) is 1. The molecule has 0 aliphatic heterocycles. The average molecular weight is 329 g/mol. The number of anilines is 1. The zero-order valence-electron chi connectivity index (χ0n) is 10.9. The molecular formula is C13H10Cl2N2O4. The number of benzene rings is 1. The van der Waals surface area contributed by atoms with Gasteiger partial charge in [0.1, 0.15) is 0 Å². The van der Waals surface area contributed by atoms with Crippen molar-refractivity contribution in [2.75, 3.05) is 11.9 Å². The summed E-state index contributed by atoms with van der Waals surface area (Å²) in [5.41, 5.74) is 0.873. The van der Waals surface area contributed by atoms with E-state index < -0.39 is 18.5 Å². The first-order valence-electron chi connectivity index (χ1n) is 5.81. The lowest BCUT2D eigenvalue weighted by atomic mass is 10.3. The molecule has 1 amide bonds. The quantitative estimate of drug-likeness (QED) is 0.872. The van der Waals surface area contributed by atoms with E-state index in [1.165, 1.54) is 6.07 Å². The zero-order valence-corrected chi connectivity index (χ0v) is 12.4. The van der Waals surface area contributed by atoms with Gasteiger partial charge in [-0.25, -0.2) is 4.79 Å². The molecule has 0 aliphatic rings. The summed E-state index contributed by atoms with van der Waals surface area (Å²) >= 11 is 11.7. The SMILES string of the molecule is Cc1cc(C(=O)OCC(=O)Nc2cccc(Cl)c2Cl)on1. The fourth-order valence-electron chi connectivity index (χ4n) is 1.45. The van der Waals surface area contributed by atoms with E-state index in [0.717, 1.165) is 0 Å². The molecule has 1 N–H and O–H groups in total. The lowest BCUT2D eigenvalue weighted by molar-refractivity contribution is -0.119. The van der Waals surface area contributed by atoms with Crippen molar-refractivity contribution in [2.24, 2.45) is 0 Å². The number of amides is 1. The minimum absolute atomic E-state index is 0.0684. The summed E-state index contributed by atoms with van der Waals surface area (Å²) in [4.78, 5) is 23.2. The number of nitrogens with zero attached hydrogens (tertiary/aromatic N) is 1. The van der Waals surface area contributed by atoms with E-state index in [1.807, 2.05) is 0 Å². The van der Waals surface area contributed by atoms with Crippen LogP contribution < -0.4 is 5.32 Å². The van der Waals surface area contributed by atoms with E-state index in [2.05, 4.69) is 10.5 Å². The van der Waals surface area contributed by atoms with Crippen molar-refractivity contribution in [1.29, 1.82) is 0 Å². The van der Waals surface area contributed by atoms with Crippen LogP contribution in [-0.4, -0.2) is 23.6 Å². The predicted octanol–water partition coefficient (Wildman–Crippen LogP) is 3.09. The summed E-state index contributed by atoms with van der Waals surface area (Å²) in [6.45, 7) is 1.18. The van der Waals surface area contributed by atoms with E-state index in [0.29, 0.717) is 16.4 Å². The van der Waals surface area contributed by atoms with Gasteiger partial charge in [0.2, 0.25) is 5.76 Å². The second-order valence-electron chi connectivity index (χ2n) is 4.06. The maximum Gasteiger partial charge on any atom is 0.377 e. The summed E-state index contributed by atoms with van der Waals surface area (Å²) in [6.07, 6.45) is 0. The normalized spacial score (nSPS) is 10.2. The minimum Gasteiger partial charge on any atom is -0.450 e. The van der Waals surface area contributed by atoms with Crippen LogP contribution in [0.4, 0.5) is 5.69 Å². The van der Waals surface area contributed by atoms with E-state index >= 15 is 0 Å². The van der Waals surface area contributed by atoms with Gasteiger partial charge in [0.05, 0.1) is 21.4 Å². The molecule has 0 spiro atoms. The Labute approximate surface area is 130 Å². The van der Waals surface area contributed by atoms with Gasteiger partial charge < -0.3 is 14.6 Å². The number of aryl methyl sites for hydroxylation is 1. The molecule has 1 heterocycles. The first-order valence-corrected chi connectivity index (χ1v) is 6.57. The Morgan fingerprint density at radius 1 is 1.38 bits per heavy atom. The molecule has 8 heteroatoms. The van der Waals surface area contributed by atoms with Crippen molar-refractivity contribution in [3.05, 3.63) is 45.8 Å². The average Bonchev–Trinajstić information content (AvgIpc) is 2.88. The Balaban J connectivity index is 1.90. The van der Waals surface area contributed by atoms with Crippen molar-refractivity contribution in [3.63, 3.8) is 0 Å². The highest BCUT2D eigenvalue weighted by atomic mass is 35.5. The Hall–Kier alpha value is -2.05. The number of aromatic nitrogens is 1. The second-order valence-corrected chi connectivity index (χ2v) is 4.84. The summed E-state index contributed by atoms with van der Waals surface area (Å²) in [5, 5.41) is 6.55. The lowest BCUT2D eigenvalue weighted by Crippen LogP contribution is -2.21. The summed E-state index contributed by atoms with van der Waals surface area (Å²) in [6, 6.07) is 6.21. The van der Waals surface area contributed by atoms with Crippen molar-refractivity contribution >= 4 is 40.8 Å². The number of esters is 1. The Morgan fingerprint density at radius 2 is 2.14 bits per heavy atom. The third-order valence-electron chi connectivity index (χ3n) is 2.39. The molecule has 0 saturated carbocycles. The molecule has 110 valence electrons. The molecule has 0 atom stereocenters. The summed E-state index contributed by atoms with van der Waals surface area (Å²) < 4.78 is 9.50. The molecular weight excluding hydrogens is 319 g/mol. The lowest BCUT2D eigenvalue weighted by Gasteiger charge is -2.08. The number of rotatable bonds is 4. The molecule has 0 radical (unpaired) electrons. The van der Waals surface area contributed by atoms with Crippen molar-refractivity contribution in [1.82, 2.24) is 5.16 Å². The van der Waals surface area contributed by atoms with Crippen molar-refractivity contribution < 1.29 is 18.8 Å². The number of carbonyl (C=O) groups excluding carboxylic acids is 2. The minimum atomic E-state index is -0.775. The van der Waals surface area contributed by atoms with Gasteiger partial charge in [-0.2, -0.15) is 0 Å². The molecule has 0 unspecified atom stereocenters. The molecule has 0 bridgehead atoms. The predicted molar refractivity (Wildman–Crippen MR) is 76.6 cm³/mol. The van der Waals surface area contributed by atoms with Crippen molar-refractivity contribution in [2.45, 2.75) is 6.92 Å². The Kier molecular flexibility index (Phi) is 4.82. The van der Waals surface area contributed by atoms with Gasteiger partial charge in [-0.15, -0.1) is 0 Å². The third-order valence-corrected chi connectivity index (χ3v) is 3.21. The Bertz CT molecular complexity index is 685. The third kappa shape index (κ3) is 3.96. The fraction of sp³-hybridized carbons (Fsp3) is 0.154. The number of hydrogen-bond acceptors (Lipinski definition) is 5. The van der Waals surface area contributed by atoms with Gasteiger partial charge in [0, 0.05) is 6.07 Å². The van der Waals surface area contributed by atoms with Crippen LogP contribution in [0.25, 0.3) is 0 Å². The van der Waals surface area contributed by atoms with Gasteiger partial charge in [-0.1, -0.05) is 34.4 Å². The highest BCUT2D eigenvalue weighted by Gasteiger charge is 2.15.